The highest BCUT2D eigenvalue weighted by atomic mass is 35.5. The van der Waals surface area contributed by atoms with Gasteiger partial charge in [-0.25, -0.2) is 0 Å². The van der Waals surface area contributed by atoms with Crippen LogP contribution in [0.15, 0.2) is 18.2 Å². The second kappa shape index (κ2) is 7.20. The molecule has 0 heterocycles. The van der Waals surface area contributed by atoms with Gasteiger partial charge in [0, 0.05) is 0 Å². The zero-order valence-corrected chi connectivity index (χ0v) is 13.5. The number of nitrogens with one attached hydrogen (secondary N) is 1. The summed E-state index contributed by atoms with van der Waals surface area (Å²) in [7, 11) is 0. The average Bonchev–Trinajstić information content (AvgIpc) is 2.31. The Morgan fingerprint density at radius 1 is 1.25 bits per heavy atom. The summed E-state index contributed by atoms with van der Waals surface area (Å²) < 4.78 is 0. The van der Waals surface area contributed by atoms with Crippen molar-refractivity contribution < 1.29 is 9.59 Å². The fourth-order valence-electron chi connectivity index (χ4n) is 1.59. The minimum absolute atomic E-state index is 0.126. The highest BCUT2D eigenvalue weighted by Gasteiger charge is 2.23. The quantitative estimate of drug-likeness (QED) is 0.839. The van der Waals surface area contributed by atoms with Crippen LogP contribution in [0, 0.1) is 0 Å². The van der Waals surface area contributed by atoms with Crippen molar-refractivity contribution in [1.29, 1.82) is 0 Å². The molecule has 0 bridgehead atoms. The SMILES string of the molecule is CC(C)(NC(=O)CSCC(N)=O)c1ccc(Cl)c(Cl)c1. The molecule has 0 aliphatic carbocycles. The number of rotatable bonds is 6. The summed E-state index contributed by atoms with van der Waals surface area (Å²) in [5.74, 6) is -0.312. The fourth-order valence-corrected chi connectivity index (χ4v) is 2.44. The summed E-state index contributed by atoms with van der Waals surface area (Å²) >= 11 is 13.0. The molecule has 0 aliphatic rings. The van der Waals surface area contributed by atoms with E-state index < -0.39 is 11.4 Å². The maximum atomic E-state index is 11.8. The van der Waals surface area contributed by atoms with Crippen LogP contribution in [0.3, 0.4) is 0 Å². The first kappa shape index (κ1) is 17.1. The molecule has 3 N–H and O–H groups in total. The molecule has 110 valence electrons. The van der Waals surface area contributed by atoms with Gasteiger partial charge in [-0.15, -0.1) is 11.8 Å². The van der Waals surface area contributed by atoms with Gasteiger partial charge >= 0.3 is 0 Å². The zero-order chi connectivity index (χ0) is 15.3. The Hall–Kier alpha value is -0.910. The van der Waals surface area contributed by atoms with E-state index in [2.05, 4.69) is 5.32 Å². The number of carbonyl (C=O) groups is 2. The fraction of sp³-hybridized carbons (Fsp3) is 0.385. The molecule has 7 heteroatoms. The Morgan fingerprint density at radius 3 is 2.45 bits per heavy atom. The van der Waals surface area contributed by atoms with E-state index in [9.17, 15) is 9.59 Å². The molecule has 0 saturated heterocycles. The van der Waals surface area contributed by atoms with Crippen molar-refractivity contribution in [2.45, 2.75) is 19.4 Å². The molecule has 0 aromatic heterocycles. The van der Waals surface area contributed by atoms with Crippen LogP contribution in [-0.2, 0) is 15.1 Å². The molecular formula is C13H16Cl2N2O2S. The number of halogens is 2. The molecule has 20 heavy (non-hydrogen) atoms. The van der Waals surface area contributed by atoms with E-state index in [4.69, 9.17) is 28.9 Å². The first-order valence-electron chi connectivity index (χ1n) is 5.85. The second-order valence-electron chi connectivity index (χ2n) is 4.76. The van der Waals surface area contributed by atoms with Crippen LogP contribution < -0.4 is 11.1 Å². The van der Waals surface area contributed by atoms with Gasteiger partial charge in [-0.05, 0) is 31.5 Å². The number of primary amides is 1. The molecule has 1 rings (SSSR count). The van der Waals surface area contributed by atoms with Gasteiger partial charge < -0.3 is 11.1 Å². The Morgan fingerprint density at radius 2 is 1.90 bits per heavy atom. The number of amides is 2. The molecule has 1 aromatic rings. The predicted molar refractivity (Wildman–Crippen MR) is 84.2 cm³/mol. The van der Waals surface area contributed by atoms with Gasteiger partial charge in [0.05, 0.1) is 27.1 Å². The van der Waals surface area contributed by atoms with Crippen LogP contribution in [0.4, 0.5) is 0 Å². The first-order chi connectivity index (χ1) is 9.22. The molecule has 0 spiro atoms. The van der Waals surface area contributed by atoms with Crippen molar-refractivity contribution in [2.75, 3.05) is 11.5 Å². The van der Waals surface area contributed by atoms with Gasteiger partial charge in [0.25, 0.3) is 0 Å². The number of benzene rings is 1. The van der Waals surface area contributed by atoms with Crippen molar-refractivity contribution in [3.8, 4) is 0 Å². The number of hydrogen-bond donors (Lipinski definition) is 2. The first-order valence-corrected chi connectivity index (χ1v) is 7.76. The molecular weight excluding hydrogens is 319 g/mol. The number of thioether (sulfide) groups is 1. The predicted octanol–water partition coefficient (Wildman–Crippen LogP) is 2.56. The molecule has 0 saturated carbocycles. The lowest BCUT2D eigenvalue weighted by atomic mass is 9.94. The summed E-state index contributed by atoms with van der Waals surface area (Å²) in [6.45, 7) is 3.73. The number of nitrogens with two attached hydrogens (primary N) is 1. The maximum absolute atomic E-state index is 11.8. The molecule has 1 aromatic carbocycles. The van der Waals surface area contributed by atoms with Gasteiger partial charge in [0.1, 0.15) is 0 Å². The van der Waals surface area contributed by atoms with Gasteiger partial charge in [0.15, 0.2) is 0 Å². The van der Waals surface area contributed by atoms with E-state index in [1.807, 2.05) is 19.9 Å². The highest BCUT2D eigenvalue weighted by Crippen LogP contribution is 2.28. The Balaban J connectivity index is 2.66. The second-order valence-corrected chi connectivity index (χ2v) is 6.56. The van der Waals surface area contributed by atoms with Gasteiger partial charge in [-0.3, -0.25) is 9.59 Å². The molecule has 0 fully saturated rings. The van der Waals surface area contributed by atoms with E-state index in [0.717, 1.165) is 5.56 Å². The van der Waals surface area contributed by atoms with Crippen LogP contribution in [0.2, 0.25) is 10.0 Å². The molecule has 0 atom stereocenters. The summed E-state index contributed by atoms with van der Waals surface area (Å²) in [5.41, 5.74) is 5.27. The third kappa shape index (κ3) is 5.23. The van der Waals surface area contributed by atoms with Crippen molar-refractivity contribution >= 4 is 46.8 Å². The van der Waals surface area contributed by atoms with Gasteiger partial charge in [0.2, 0.25) is 11.8 Å². The van der Waals surface area contributed by atoms with Crippen molar-refractivity contribution in [1.82, 2.24) is 5.32 Å². The summed E-state index contributed by atoms with van der Waals surface area (Å²) in [4.78, 5) is 22.4. The van der Waals surface area contributed by atoms with Crippen LogP contribution >= 0.6 is 35.0 Å². The highest BCUT2D eigenvalue weighted by molar-refractivity contribution is 8.00. The third-order valence-corrected chi connectivity index (χ3v) is 4.26. The molecule has 0 radical (unpaired) electrons. The van der Waals surface area contributed by atoms with E-state index in [0.29, 0.717) is 10.0 Å². The lowest BCUT2D eigenvalue weighted by Gasteiger charge is -2.27. The molecule has 0 unspecified atom stereocenters. The molecule has 4 nitrogen and oxygen atoms in total. The van der Waals surface area contributed by atoms with E-state index in [1.165, 1.54) is 11.8 Å². The Kier molecular flexibility index (Phi) is 6.17. The summed E-state index contributed by atoms with van der Waals surface area (Å²) in [6.07, 6.45) is 0. The van der Waals surface area contributed by atoms with Crippen molar-refractivity contribution in [2.24, 2.45) is 5.73 Å². The Labute approximate surface area is 132 Å². The maximum Gasteiger partial charge on any atom is 0.230 e. The van der Waals surface area contributed by atoms with E-state index >= 15 is 0 Å². The van der Waals surface area contributed by atoms with Crippen LogP contribution in [-0.4, -0.2) is 23.3 Å². The smallest absolute Gasteiger partial charge is 0.230 e. The standard InChI is InChI=1S/C13H16Cl2N2O2S/c1-13(2,8-3-4-9(14)10(15)5-8)17-12(19)7-20-6-11(16)18/h3-5H,6-7H2,1-2H3,(H2,16,18)(H,17,19). The number of carbonyl (C=O) groups excluding carboxylic acids is 2. The summed E-state index contributed by atoms with van der Waals surface area (Å²) in [5, 5.41) is 3.79. The lowest BCUT2D eigenvalue weighted by Crippen LogP contribution is -2.42. The van der Waals surface area contributed by atoms with E-state index in [-0.39, 0.29) is 17.4 Å². The van der Waals surface area contributed by atoms with Crippen molar-refractivity contribution in [3.63, 3.8) is 0 Å². The van der Waals surface area contributed by atoms with E-state index in [1.54, 1.807) is 12.1 Å². The van der Waals surface area contributed by atoms with Crippen molar-refractivity contribution in [3.05, 3.63) is 33.8 Å². The average molecular weight is 335 g/mol. The molecule has 0 aliphatic heterocycles. The lowest BCUT2D eigenvalue weighted by molar-refractivity contribution is -0.120. The van der Waals surface area contributed by atoms with Crippen LogP contribution in [0.5, 0.6) is 0 Å². The number of hydrogen-bond acceptors (Lipinski definition) is 3. The molecule has 2 amide bonds. The minimum Gasteiger partial charge on any atom is -0.369 e. The largest absolute Gasteiger partial charge is 0.369 e. The third-order valence-electron chi connectivity index (χ3n) is 2.57. The van der Waals surface area contributed by atoms with Crippen LogP contribution in [0.1, 0.15) is 19.4 Å². The van der Waals surface area contributed by atoms with Crippen LogP contribution in [0.25, 0.3) is 0 Å². The monoisotopic (exact) mass is 334 g/mol. The Bertz CT molecular complexity index is 521. The normalized spacial score (nSPS) is 11.2. The summed E-state index contributed by atoms with van der Waals surface area (Å²) in [6, 6.07) is 5.22. The minimum atomic E-state index is -0.585. The topological polar surface area (TPSA) is 72.2 Å². The zero-order valence-electron chi connectivity index (χ0n) is 11.2. The van der Waals surface area contributed by atoms with Gasteiger partial charge in [-0.1, -0.05) is 29.3 Å². The van der Waals surface area contributed by atoms with Gasteiger partial charge in [-0.2, -0.15) is 0 Å².